The number of imidazole rings is 1. The zero-order valence-electron chi connectivity index (χ0n) is 17.1. The molecule has 1 N–H and O–H groups in total. The van der Waals surface area contributed by atoms with Crippen LogP contribution in [0.2, 0.25) is 10.0 Å². The van der Waals surface area contributed by atoms with Gasteiger partial charge < -0.3 is 18.9 Å². The van der Waals surface area contributed by atoms with Crippen LogP contribution in [0.15, 0.2) is 53.1 Å². The van der Waals surface area contributed by atoms with E-state index in [1.165, 1.54) is 0 Å². The number of methoxy groups -OCH3 is 1. The summed E-state index contributed by atoms with van der Waals surface area (Å²) in [6.45, 7) is 2.37. The van der Waals surface area contributed by atoms with Gasteiger partial charge in [-0.1, -0.05) is 35.3 Å². The van der Waals surface area contributed by atoms with Crippen LogP contribution >= 0.6 is 23.2 Å². The van der Waals surface area contributed by atoms with E-state index in [4.69, 9.17) is 42.1 Å². The Morgan fingerprint density at radius 2 is 1.81 bits per heavy atom. The Morgan fingerprint density at radius 1 is 1.03 bits per heavy atom. The predicted molar refractivity (Wildman–Crippen MR) is 121 cm³/mol. The number of nitrogens with one attached hydrogen (secondary N) is 1. The molecule has 4 aromatic rings. The molecule has 2 aromatic heterocycles. The maximum Gasteiger partial charge on any atom is 0.245 e. The molecule has 2 heterocycles. The van der Waals surface area contributed by atoms with E-state index in [-0.39, 0.29) is 0 Å². The summed E-state index contributed by atoms with van der Waals surface area (Å²) in [5.74, 6) is 3.33. The molecule has 0 bridgehead atoms. The summed E-state index contributed by atoms with van der Waals surface area (Å²) in [4.78, 5) is 12.1. The quantitative estimate of drug-likeness (QED) is 0.311. The van der Waals surface area contributed by atoms with E-state index in [1.807, 2.05) is 31.2 Å². The SMILES string of the molecule is COc1cc(Cl)ccc1OCCCc1oc(-c2cnc(C)[nH]2)nc1-c1ccc(Cl)cc1. The highest BCUT2D eigenvalue weighted by Crippen LogP contribution is 2.32. The van der Waals surface area contributed by atoms with Crippen LogP contribution in [0, 0.1) is 6.92 Å². The third kappa shape index (κ3) is 5.03. The van der Waals surface area contributed by atoms with E-state index in [9.17, 15) is 0 Å². The molecule has 0 saturated heterocycles. The third-order valence-electron chi connectivity index (χ3n) is 4.68. The fourth-order valence-electron chi connectivity index (χ4n) is 3.17. The number of halogens is 2. The van der Waals surface area contributed by atoms with Crippen LogP contribution in [0.25, 0.3) is 22.8 Å². The number of aromatic amines is 1. The fraction of sp³-hybridized carbons (Fsp3) is 0.217. The van der Waals surface area contributed by atoms with Gasteiger partial charge in [-0.15, -0.1) is 0 Å². The number of benzene rings is 2. The number of nitrogens with zero attached hydrogens (tertiary/aromatic N) is 2. The monoisotopic (exact) mass is 457 g/mol. The zero-order chi connectivity index (χ0) is 21.8. The van der Waals surface area contributed by atoms with Crippen LogP contribution in [-0.2, 0) is 6.42 Å². The van der Waals surface area contributed by atoms with Crippen molar-refractivity contribution in [3.8, 4) is 34.3 Å². The highest BCUT2D eigenvalue weighted by Gasteiger charge is 2.17. The van der Waals surface area contributed by atoms with Crippen molar-refractivity contribution in [3.63, 3.8) is 0 Å². The van der Waals surface area contributed by atoms with Crippen molar-refractivity contribution in [2.45, 2.75) is 19.8 Å². The Balaban J connectivity index is 1.51. The molecule has 0 saturated carbocycles. The molecule has 160 valence electrons. The molecule has 0 radical (unpaired) electrons. The first-order valence-electron chi connectivity index (χ1n) is 9.77. The molecule has 6 nitrogen and oxygen atoms in total. The molecular weight excluding hydrogens is 437 g/mol. The van der Waals surface area contributed by atoms with Gasteiger partial charge >= 0.3 is 0 Å². The van der Waals surface area contributed by atoms with Gasteiger partial charge in [0.25, 0.3) is 0 Å². The Hall–Kier alpha value is -2.96. The number of hydrogen-bond donors (Lipinski definition) is 1. The smallest absolute Gasteiger partial charge is 0.245 e. The van der Waals surface area contributed by atoms with Crippen molar-refractivity contribution < 1.29 is 13.9 Å². The van der Waals surface area contributed by atoms with Crippen molar-refractivity contribution in [1.82, 2.24) is 15.0 Å². The molecule has 2 aromatic carbocycles. The molecule has 0 aliphatic rings. The number of H-pyrrole nitrogens is 1. The summed E-state index contributed by atoms with van der Waals surface area (Å²) in [6.07, 6.45) is 3.09. The Bertz CT molecular complexity index is 1170. The Kier molecular flexibility index (Phi) is 6.49. The molecule has 0 atom stereocenters. The summed E-state index contributed by atoms with van der Waals surface area (Å²) in [7, 11) is 1.59. The second-order valence-corrected chi connectivity index (χ2v) is 7.80. The molecule has 0 unspecified atom stereocenters. The van der Waals surface area contributed by atoms with E-state index >= 15 is 0 Å². The normalized spacial score (nSPS) is 11.0. The lowest BCUT2D eigenvalue weighted by molar-refractivity contribution is 0.286. The summed E-state index contributed by atoms with van der Waals surface area (Å²) in [5, 5.41) is 1.27. The first kappa shape index (κ1) is 21.3. The van der Waals surface area contributed by atoms with Crippen molar-refractivity contribution >= 4 is 23.2 Å². The lowest BCUT2D eigenvalue weighted by Crippen LogP contribution is -2.01. The van der Waals surface area contributed by atoms with Crippen molar-refractivity contribution in [3.05, 3.63) is 70.3 Å². The first-order valence-corrected chi connectivity index (χ1v) is 10.5. The number of aromatic nitrogens is 3. The van der Waals surface area contributed by atoms with Crippen LogP contribution in [0.5, 0.6) is 11.5 Å². The third-order valence-corrected chi connectivity index (χ3v) is 5.17. The fourth-order valence-corrected chi connectivity index (χ4v) is 3.46. The number of aryl methyl sites for hydroxylation is 2. The van der Waals surface area contributed by atoms with E-state index in [0.717, 1.165) is 35.0 Å². The van der Waals surface area contributed by atoms with Gasteiger partial charge in [-0.2, -0.15) is 0 Å². The van der Waals surface area contributed by atoms with Crippen LogP contribution in [0.4, 0.5) is 0 Å². The number of rotatable bonds is 8. The average Bonchev–Trinajstić information content (AvgIpc) is 3.39. The van der Waals surface area contributed by atoms with Crippen molar-refractivity contribution in [2.75, 3.05) is 13.7 Å². The first-order chi connectivity index (χ1) is 15.0. The molecule has 0 fully saturated rings. The molecule has 0 amide bonds. The average molecular weight is 458 g/mol. The summed E-state index contributed by atoms with van der Waals surface area (Å²) in [6, 6.07) is 12.8. The van der Waals surface area contributed by atoms with Gasteiger partial charge in [0, 0.05) is 28.1 Å². The second kappa shape index (κ2) is 9.45. The predicted octanol–water partition coefficient (Wildman–Crippen LogP) is 6.37. The minimum Gasteiger partial charge on any atom is -0.493 e. The van der Waals surface area contributed by atoms with Crippen LogP contribution in [0.3, 0.4) is 0 Å². The van der Waals surface area contributed by atoms with E-state index in [0.29, 0.717) is 40.5 Å². The van der Waals surface area contributed by atoms with Gasteiger partial charge in [0.2, 0.25) is 5.89 Å². The molecule has 31 heavy (non-hydrogen) atoms. The highest BCUT2D eigenvalue weighted by atomic mass is 35.5. The molecular formula is C23H21Cl2N3O3. The van der Waals surface area contributed by atoms with Gasteiger partial charge in [0.15, 0.2) is 11.5 Å². The number of hydrogen-bond acceptors (Lipinski definition) is 5. The maximum atomic E-state index is 6.10. The minimum atomic E-state index is 0.483. The standard InChI is InChI=1S/C23H21Cl2N3O3/c1-14-26-13-18(27-14)23-28-22(15-5-7-16(24)8-6-15)20(31-23)4-3-11-30-19-10-9-17(25)12-21(19)29-2/h5-10,12-13H,3-4,11H2,1-2H3,(H,26,27). The lowest BCUT2D eigenvalue weighted by atomic mass is 10.1. The van der Waals surface area contributed by atoms with Gasteiger partial charge in [0.05, 0.1) is 19.9 Å². The van der Waals surface area contributed by atoms with Gasteiger partial charge in [-0.3, -0.25) is 0 Å². The minimum absolute atomic E-state index is 0.483. The highest BCUT2D eigenvalue weighted by molar-refractivity contribution is 6.31. The Labute approximate surface area is 190 Å². The molecule has 8 heteroatoms. The molecule has 0 spiro atoms. The zero-order valence-corrected chi connectivity index (χ0v) is 18.6. The number of oxazole rings is 1. The summed E-state index contributed by atoms with van der Waals surface area (Å²) < 4.78 is 17.3. The summed E-state index contributed by atoms with van der Waals surface area (Å²) in [5.41, 5.74) is 2.45. The van der Waals surface area contributed by atoms with Gasteiger partial charge in [-0.05, 0) is 37.6 Å². The van der Waals surface area contributed by atoms with Crippen LogP contribution in [-0.4, -0.2) is 28.7 Å². The van der Waals surface area contributed by atoms with E-state index < -0.39 is 0 Å². The van der Waals surface area contributed by atoms with E-state index in [2.05, 4.69) is 9.97 Å². The molecule has 0 aliphatic heterocycles. The number of ether oxygens (including phenoxy) is 2. The Morgan fingerprint density at radius 3 is 2.52 bits per heavy atom. The summed E-state index contributed by atoms with van der Waals surface area (Å²) >= 11 is 12.1. The molecule has 0 aliphatic carbocycles. The van der Waals surface area contributed by atoms with E-state index in [1.54, 1.807) is 31.5 Å². The largest absolute Gasteiger partial charge is 0.493 e. The lowest BCUT2D eigenvalue weighted by Gasteiger charge is -2.10. The van der Waals surface area contributed by atoms with Gasteiger partial charge in [-0.25, -0.2) is 9.97 Å². The van der Waals surface area contributed by atoms with Gasteiger partial charge in [0.1, 0.15) is 23.0 Å². The maximum absolute atomic E-state index is 6.10. The second-order valence-electron chi connectivity index (χ2n) is 6.93. The van der Waals surface area contributed by atoms with Crippen LogP contribution in [0.1, 0.15) is 18.0 Å². The molecule has 4 rings (SSSR count). The van der Waals surface area contributed by atoms with Crippen molar-refractivity contribution in [1.29, 1.82) is 0 Å². The van der Waals surface area contributed by atoms with Crippen molar-refractivity contribution in [2.24, 2.45) is 0 Å². The topological polar surface area (TPSA) is 73.2 Å². The van der Waals surface area contributed by atoms with Crippen LogP contribution < -0.4 is 9.47 Å².